The van der Waals surface area contributed by atoms with Crippen molar-refractivity contribution in [2.45, 2.75) is 57.5 Å². The van der Waals surface area contributed by atoms with Gasteiger partial charge in [0.1, 0.15) is 0 Å². The number of hydrogen-bond acceptors (Lipinski definition) is 1. The van der Waals surface area contributed by atoms with E-state index >= 15 is 0 Å². The summed E-state index contributed by atoms with van der Waals surface area (Å²) in [5.41, 5.74) is 3.66. The minimum atomic E-state index is 0.0172. The summed E-state index contributed by atoms with van der Waals surface area (Å²) < 4.78 is 6.26. The first-order valence-electron chi connectivity index (χ1n) is 8.33. The minimum absolute atomic E-state index is 0.0172. The molecule has 4 atom stereocenters. The molecule has 0 unspecified atom stereocenters. The van der Waals surface area contributed by atoms with Crippen LogP contribution in [-0.4, -0.2) is 7.11 Å². The summed E-state index contributed by atoms with van der Waals surface area (Å²) in [6.07, 6.45) is 9.43. The molecule has 0 amide bonds. The standard InChI is InChI=1S/C19H26O/c1-18-11-5-8-16(18)17-10-9-14-6-3-4-7-15(14)19(17,20-2)13-12-18/h3-4,6-7,16-17H,5,8-13H2,1-2H3/t16-,17-,18-,19-/m0/s1. The number of aryl methyl sites for hydroxylation is 1. The fourth-order valence-electron chi connectivity index (χ4n) is 5.83. The normalized spacial score (nSPS) is 42.7. The van der Waals surface area contributed by atoms with Crippen LogP contribution >= 0.6 is 0 Å². The topological polar surface area (TPSA) is 9.23 Å². The highest BCUT2D eigenvalue weighted by Crippen LogP contribution is 2.63. The van der Waals surface area contributed by atoms with Gasteiger partial charge in [0.25, 0.3) is 0 Å². The Labute approximate surface area is 122 Å². The van der Waals surface area contributed by atoms with Gasteiger partial charge in [-0.2, -0.15) is 0 Å². The van der Waals surface area contributed by atoms with Crippen molar-refractivity contribution in [3.8, 4) is 0 Å². The zero-order valence-corrected chi connectivity index (χ0v) is 12.8. The number of fused-ring (bicyclic) bond motifs is 5. The smallest absolute Gasteiger partial charge is 0.0961 e. The molecule has 4 rings (SSSR count). The van der Waals surface area contributed by atoms with Crippen LogP contribution in [0, 0.1) is 17.3 Å². The Balaban J connectivity index is 1.83. The van der Waals surface area contributed by atoms with Crippen LogP contribution in [0.2, 0.25) is 0 Å². The molecule has 1 aromatic carbocycles. The fourth-order valence-corrected chi connectivity index (χ4v) is 5.83. The van der Waals surface area contributed by atoms with E-state index in [1.54, 1.807) is 0 Å². The van der Waals surface area contributed by atoms with E-state index in [4.69, 9.17) is 4.74 Å². The second-order valence-electron chi connectivity index (χ2n) is 7.55. The second-order valence-corrected chi connectivity index (χ2v) is 7.55. The fraction of sp³-hybridized carbons (Fsp3) is 0.684. The molecule has 0 aromatic heterocycles. The Morgan fingerprint density at radius 2 is 1.90 bits per heavy atom. The number of hydrogen-bond donors (Lipinski definition) is 0. The molecule has 20 heavy (non-hydrogen) atoms. The highest BCUT2D eigenvalue weighted by Gasteiger charge is 2.57. The highest BCUT2D eigenvalue weighted by molar-refractivity contribution is 5.37. The lowest BCUT2D eigenvalue weighted by atomic mass is 9.53. The molecule has 2 saturated carbocycles. The van der Waals surface area contributed by atoms with Gasteiger partial charge in [0.2, 0.25) is 0 Å². The van der Waals surface area contributed by atoms with Crippen LogP contribution in [0.3, 0.4) is 0 Å². The zero-order valence-electron chi connectivity index (χ0n) is 12.8. The average Bonchev–Trinajstić information content (AvgIpc) is 2.88. The number of ether oxygens (including phenoxy) is 1. The van der Waals surface area contributed by atoms with Crippen molar-refractivity contribution in [3.05, 3.63) is 35.4 Å². The van der Waals surface area contributed by atoms with Crippen LogP contribution in [-0.2, 0) is 16.8 Å². The minimum Gasteiger partial charge on any atom is -0.373 e. The van der Waals surface area contributed by atoms with Crippen molar-refractivity contribution in [2.75, 3.05) is 7.11 Å². The van der Waals surface area contributed by atoms with Crippen LogP contribution in [0.5, 0.6) is 0 Å². The number of benzene rings is 1. The number of rotatable bonds is 1. The third-order valence-electron chi connectivity index (χ3n) is 6.87. The van der Waals surface area contributed by atoms with Gasteiger partial charge < -0.3 is 4.74 Å². The maximum Gasteiger partial charge on any atom is 0.0961 e. The lowest BCUT2D eigenvalue weighted by molar-refractivity contribution is -0.147. The predicted molar refractivity (Wildman–Crippen MR) is 81.6 cm³/mol. The molecule has 108 valence electrons. The van der Waals surface area contributed by atoms with E-state index in [0.717, 1.165) is 11.8 Å². The Hall–Kier alpha value is -0.820. The molecule has 0 N–H and O–H groups in total. The van der Waals surface area contributed by atoms with Crippen LogP contribution in [0.25, 0.3) is 0 Å². The summed E-state index contributed by atoms with van der Waals surface area (Å²) in [4.78, 5) is 0. The molecule has 0 saturated heterocycles. The quantitative estimate of drug-likeness (QED) is 0.719. The van der Waals surface area contributed by atoms with Crippen molar-refractivity contribution in [3.63, 3.8) is 0 Å². The molecule has 0 radical (unpaired) electrons. The monoisotopic (exact) mass is 270 g/mol. The lowest BCUT2D eigenvalue weighted by Crippen LogP contribution is -2.51. The predicted octanol–water partition coefficient (Wildman–Crippen LogP) is 4.69. The van der Waals surface area contributed by atoms with Gasteiger partial charge in [-0.15, -0.1) is 0 Å². The van der Waals surface area contributed by atoms with Crippen LogP contribution < -0.4 is 0 Å². The molecule has 0 spiro atoms. The Bertz CT molecular complexity index is 522. The first-order chi connectivity index (χ1) is 9.70. The zero-order chi connectivity index (χ0) is 13.8. The van der Waals surface area contributed by atoms with E-state index in [9.17, 15) is 0 Å². The molecule has 3 aliphatic carbocycles. The van der Waals surface area contributed by atoms with E-state index in [2.05, 4.69) is 31.2 Å². The van der Waals surface area contributed by atoms with Gasteiger partial charge in [-0.25, -0.2) is 0 Å². The maximum atomic E-state index is 6.26. The molecule has 1 nitrogen and oxygen atoms in total. The first kappa shape index (κ1) is 12.9. The van der Waals surface area contributed by atoms with E-state index in [1.807, 2.05) is 7.11 Å². The molecule has 1 aromatic rings. The summed E-state index contributed by atoms with van der Waals surface area (Å²) in [6.45, 7) is 2.55. The van der Waals surface area contributed by atoms with Crippen molar-refractivity contribution < 1.29 is 4.74 Å². The van der Waals surface area contributed by atoms with Gasteiger partial charge in [0, 0.05) is 7.11 Å². The van der Waals surface area contributed by atoms with Gasteiger partial charge in [0.15, 0.2) is 0 Å². The van der Waals surface area contributed by atoms with Gasteiger partial charge in [-0.1, -0.05) is 37.6 Å². The van der Waals surface area contributed by atoms with E-state index < -0.39 is 0 Å². The Morgan fingerprint density at radius 3 is 2.75 bits per heavy atom. The van der Waals surface area contributed by atoms with Gasteiger partial charge in [-0.3, -0.25) is 0 Å². The van der Waals surface area contributed by atoms with E-state index in [0.29, 0.717) is 5.41 Å². The molecule has 0 heterocycles. The van der Waals surface area contributed by atoms with Crippen molar-refractivity contribution in [2.24, 2.45) is 17.3 Å². The molecule has 2 fully saturated rings. The Kier molecular flexibility index (Phi) is 2.79. The summed E-state index contributed by atoms with van der Waals surface area (Å²) in [7, 11) is 1.95. The molecule has 0 aliphatic heterocycles. The van der Waals surface area contributed by atoms with Crippen molar-refractivity contribution in [1.82, 2.24) is 0 Å². The highest BCUT2D eigenvalue weighted by atomic mass is 16.5. The molecular weight excluding hydrogens is 244 g/mol. The van der Waals surface area contributed by atoms with E-state index in [1.165, 1.54) is 56.1 Å². The molecule has 0 bridgehead atoms. The summed E-state index contributed by atoms with van der Waals surface area (Å²) >= 11 is 0. The SMILES string of the molecule is CO[C@]12CC[C@]3(C)CCC[C@H]3[C@@H]1CCc1ccccc12. The van der Waals surface area contributed by atoms with E-state index in [-0.39, 0.29) is 5.60 Å². The van der Waals surface area contributed by atoms with Crippen LogP contribution in [0.15, 0.2) is 24.3 Å². The van der Waals surface area contributed by atoms with Gasteiger partial charge in [-0.05, 0) is 66.9 Å². The molecule has 1 heteroatoms. The third-order valence-corrected chi connectivity index (χ3v) is 6.87. The van der Waals surface area contributed by atoms with Crippen LogP contribution in [0.1, 0.15) is 56.6 Å². The summed E-state index contributed by atoms with van der Waals surface area (Å²) in [5, 5.41) is 0. The maximum absolute atomic E-state index is 6.26. The summed E-state index contributed by atoms with van der Waals surface area (Å²) in [5.74, 6) is 1.62. The second kappa shape index (κ2) is 4.34. The van der Waals surface area contributed by atoms with Crippen molar-refractivity contribution in [1.29, 1.82) is 0 Å². The van der Waals surface area contributed by atoms with Gasteiger partial charge in [0.05, 0.1) is 5.60 Å². The Morgan fingerprint density at radius 1 is 1.05 bits per heavy atom. The summed E-state index contributed by atoms with van der Waals surface area (Å²) in [6, 6.07) is 9.03. The van der Waals surface area contributed by atoms with Gasteiger partial charge >= 0.3 is 0 Å². The first-order valence-corrected chi connectivity index (χ1v) is 8.33. The lowest BCUT2D eigenvalue weighted by Gasteiger charge is -2.55. The molecular formula is C19H26O. The van der Waals surface area contributed by atoms with Crippen LogP contribution in [0.4, 0.5) is 0 Å². The largest absolute Gasteiger partial charge is 0.373 e. The van der Waals surface area contributed by atoms with Crippen molar-refractivity contribution >= 4 is 0 Å². The number of methoxy groups -OCH3 is 1. The third kappa shape index (κ3) is 1.53. The molecule has 3 aliphatic rings. The average molecular weight is 270 g/mol.